The monoisotopic (exact) mass is 401 g/mol. The maximum absolute atomic E-state index is 6.26. The number of benzene rings is 2. The molecule has 4 aromatic rings. The number of fused-ring (bicyclic) bond motifs is 2. The van der Waals surface area contributed by atoms with Gasteiger partial charge in [0.05, 0.1) is 31.2 Å². The standard InChI is InChI=1S/C23H23N5O2/c1-23(11-29-12-23)10-28-22-19(21(24)25-13-26-22)20(27-28)16-3-2-15-9-18(30-17-6-7-17)5-4-14(15)8-16/h2-5,8-9,13,17H,6-7,10-12H2,1H3,(H2,24,25,26). The van der Waals surface area contributed by atoms with Crippen molar-refractivity contribution < 1.29 is 9.47 Å². The third-order valence-corrected chi connectivity index (χ3v) is 5.90. The minimum absolute atomic E-state index is 0.0667. The molecular formula is C23H23N5O2. The molecule has 7 heteroatoms. The van der Waals surface area contributed by atoms with Crippen molar-refractivity contribution in [2.45, 2.75) is 32.4 Å². The summed E-state index contributed by atoms with van der Waals surface area (Å²) >= 11 is 0. The lowest BCUT2D eigenvalue weighted by atomic mass is 9.89. The molecule has 2 aromatic carbocycles. The van der Waals surface area contributed by atoms with Gasteiger partial charge in [0.25, 0.3) is 0 Å². The molecule has 30 heavy (non-hydrogen) atoms. The summed E-state index contributed by atoms with van der Waals surface area (Å²) in [5, 5.41) is 7.99. The van der Waals surface area contributed by atoms with Crippen LogP contribution in [0.15, 0.2) is 42.7 Å². The summed E-state index contributed by atoms with van der Waals surface area (Å²) in [7, 11) is 0. The molecule has 7 nitrogen and oxygen atoms in total. The van der Waals surface area contributed by atoms with Gasteiger partial charge < -0.3 is 15.2 Å². The Labute approximate surface area is 173 Å². The van der Waals surface area contributed by atoms with Crippen molar-refractivity contribution in [1.82, 2.24) is 19.7 Å². The Hall–Kier alpha value is -3.19. The van der Waals surface area contributed by atoms with E-state index in [1.54, 1.807) is 0 Å². The summed E-state index contributed by atoms with van der Waals surface area (Å²) in [6, 6.07) is 12.6. The van der Waals surface area contributed by atoms with Crippen molar-refractivity contribution in [2.24, 2.45) is 5.41 Å². The van der Waals surface area contributed by atoms with Gasteiger partial charge >= 0.3 is 0 Å². The second kappa shape index (κ2) is 6.40. The molecule has 2 fully saturated rings. The average Bonchev–Trinajstić information content (AvgIpc) is 3.46. The highest BCUT2D eigenvalue weighted by atomic mass is 16.5. The van der Waals surface area contributed by atoms with Crippen LogP contribution in [0.4, 0.5) is 5.82 Å². The van der Waals surface area contributed by atoms with E-state index in [1.165, 1.54) is 6.33 Å². The third kappa shape index (κ3) is 2.97. The van der Waals surface area contributed by atoms with Crippen molar-refractivity contribution in [3.05, 3.63) is 42.7 Å². The maximum Gasteiger partial charge on any atom is 0.163 e. The van der Waals surface area contributed by atoms with Gasteiger partial charge in [0.1, 0.15) is 23.6 Å². The number of anilines is 1. The second-order valence-corrected chi connectivity index (χ2v) is 8.81. The number of nitrogens with zero attached hydrogens (tertiary/aromatic N) is 4. The van der Waals surface area contributed by atoms with Crippen molar-refractivity contribution in [3.63, 3.8) is 0 Å². The second-order valence-electron chi connectivity index (χ2n) is 8.81. The zero-order valence-electron chi connectivity index (χ0n) is 16.8. The van der Waals surface area contributed by atoms with Gasteiger partial charge in [-0.1, -0.05) is 25.1 Å². The lowest BCUT2D eigenvalue weighted by molar-refractivity contribution is -0.111. The Morgan fingerprint density at radius 3 is 2.70 bits per heavy atom. The molecular weight excluding hydrogens is 378 g/mol. The van der Waals surface area contributed by atoms with E-state index >= 15 is 0 Å². The summed E-state index contributed by atoms with van der Waals surface area (Å²) in [4.78, 5) is 8.71. The molecule has 0 spiro atoms. The summed E-state index contributed by atoms with van der Waals surface area (Å²) < 4.78 is 13.3. The first-order valence-corrected chi connectivity index (χ1v) is 10.3. The fourth-order valence-electron chi connectivity index (χ4n) is 4.07. The van der Waals surface area contributed by atoms with Crippen molar-refractivity contribution >= 4 is 27.6 Å². The lowest BCUT2D eigenvalue weighted by Crippen LogP contribution is -2.43. The number of rotatable bonds is 5. The van der Waals surface area contributed by atoms with Gasteiger partial charge in [-0.05, 0) is 41.8 Å². The zero-order chi connectivity index (χ0) is 20.3. The van der Waals surface area contributed by atoms with Crippen LogP contribution in [0.1, 0.15) is 19.8 Å². The highest BCUT2D eigenvalue weighted by molar-refractivity contribution is 6.00. The van der Waals surface area contributed by atoms with Crippen LogP contribution in [0.3, 0.4) is 0 Å². The number of hydrogen-bond acceptors (Lipinski definition) is 6. The van der Waals surface area contributed by atoms with Gasteiger partial charge in [-0.2, -0.15) is 5.10 Å². The van der Waals surface area contributed by atoms with E-state index < -0.39 is 0 Å². The molecule has 0 amide bonds. The highest BCUT2D eigenvalue weighted by Crippen LogP contribution is 2.36. The molecule has 0 unspecified atom stereocenters. The number of nitrogen functional groups attached to an aromatic ring is 1. The van der Waals surface area contributed by atoms with E-state index in [2.05, 4.69) is 47.2 Å². The summed E-state index contributed by atoms with van der Waals surface area (Å²) in [5.74, 6) is 1.38. The minimum Gasteiger partial charge on any atom is -0.490 e. The van der Waals surface area contributed by atoms with Crippen LogP contribution in [0.5, 0.6) is 5.75 Å². The first kappa shape index (κ1) is 17.7. The Kier molecular flexibility index (Phi) is 3.77. The molecule has 3 heterocycles. The summed E-state index contributed by atoms with van der Waals surface area (Å²) in [5.41, 5.74) is 8.90. The van der Waals surface area contributed by atoms with E-state index in [0.717, 1.165) is 71.4 Å². The molecule has 152 valence electrons. The van der Waals surface area contributed by atoms with Crippen LogP contribution in [0.25, 0.3) is 33.1 Å². The molecule has 1 saturated carbocycles. The van der Waals surface area contributed by atoms with Gasteiger partial charge in [-0.25, -0.2) is 14.6 Å². The number of hydrogen-bond donors (Lipinski definition) is 1. The minimum atomic E-state index is 0.0667. The Bertz CT molecular complexity index is 1270. The Morgan fingerprint density at radius 1 is 1.13 bits per heavy atom. The fraction of sp³-hybridized carbons (Fsp3) is 0.348. The fourth-order valence-corrected chi connectivity index (χ4v) is 4.07. The van der Waals surface area contributed by atoms with Gasteiger partial charge in [-0.3, -0.25) is 0 Å². The molecule has 2 N–H and O–H groups in total. The lowest BCUT2D eigenvalue weighted by Gasteiger charge is -2.37. The topological polar surface area (TPSA) is 88.1 Å². The Balaban J connectivity index is 1.44. The number of nitrogens with two attached hydrogens (primary N) is 1. The molecule has 1 saturated heterocycles. The maximum atomic E-state index is 6.26. The van der Waals surface area contributed by atoms with Crippen molar-refractivity contribution in [1.29, 1.82) is 0 Å². The zero-order valence-corrected chi connectivity index (χ0v) is 16.8. The molecule has 6 rings (SSSR count). The first-order valence-electron chi connectivity index (χ1n) is 10.3. The predicted molar refractivity (Wildman–Crippen MR) is 115 cm³/mol. The molecule has 2 aliphatic rings. The third-order valence-electron chi connectivity index (χ3n) is 5.90. The van der Waals surface area contributed by atoms with E-state index in [1.807, 2.05) is 10.7 Å². The predicted octanol–water partition coefficient (Wildman–Crippen LogP) is 3.81. The molecule has 0 radical (unpaired) electrons. The SMILES string of the molecule is CC1(Cn2nc(-c3ccc4cc(OC5CC5)ccc4c3)c3c(N)ncnc32)COC1. The van der Waals surface area contributed by atoms with Crippen LogP contribution < -0.4 is 10.5 Å². The summed E-state index contributed by atoms with van der Waals surface area (Å²) in [6.45, 7) is 4.39. The molecule has 1 aliphatic heterocycles. The molecule has 0 atom stereocenters. The van der Waals surface area contributed by atoms with E-state index in [0.29, 0.717) is 11.9 Å². The van der Waals surface area contributed by atoms with E-state index in [4.69, 9.17) is 20.3 Å². The van der Waals surface area contributed by atoms with Crippen molar-refractivity contribution in [2.75, 3.05) is 18.9 Å². The van der Waals surface area contributed by atoms with Crippen LogP contribution in [0, 0.1) is 5.41 Å². The summed E-state index contributed by atoms with van der Waals surface area (Å²) in [6.07, 6.45) is 4.20. The van der Waals surface area contributed by atoms with E-state index in [-0.39, 0.29) is 5.41 Å². The highest BCUT2D eigenvalue weighted by Gasteiger charge is 2.35. The van der Waals surface area contributed by atoms with Crippen molar-refractivity contribution in [3.8, 4) is 17.0 Å². The molecule has 1 aliphatic carbocycles. The largest absolute Gasteiger partial charge is 0.490 e. The molecule has 2 aromatic heterocycles. The van der Waals surface area contributed by atoms with Gasteiger partial charge in [-0.15, -0.1) is 0 Å². The van der Waals surface area contributed by atoms with E-state index in [9.17, 15) is 0 Å². The van der Waals surface area contributed by atoms with Gasteiger partial charge in [0, 0.05) is 11.0 Å². The van der Waals surface area contributed by atoms with Gasteiger partial charge in [0.2, 0.25) is 0 Å². The van der Waals surface area contributed by atoms with Crippen LogP contribution in [-0.4, -0.2) is 39.1 Å². The molecule has 0 bridgehead atoms. The average molecular weight is 401 g/mol. The quantitative estimate of drug-likeness (QED) is 0.547. The van der Waals surface area contributed by atoms with Gasteiger partial charge in [0.15, 0.2) is 5.65 Å². The van der Waals surface area contributed by atoms with Crippen LogP contribution >= 0.6 is 0 Å². The van der Waals surface area contributed by atoms with Crippen LogP contribution in [0.2, 0.25) is 0 Å². The first-order chi connectivity index (χ1) is 14.6. The Morgan fingerprint density at radius 2 is 1.93 bits per heavy atom. The normalized spacial score (nSPS) is 17.9. The smallest absolute Gasteiger partial charge is 0.163 e. The number of ether oxygens (including phenoxy) is 2. The van der Waals surface area contributed by atoms with Crippen LogP contribution in [-0.2, 0) is 11.3 Å². The number of aromatic nitrogens is 4.